The molecule has 5 nitrogen and oxygen atoms in total. The first-order valence-electron chi connectivity index (χ1n) is 7.55. The number of benzene rings is 1. The molecule has 0 radical (unpaired) electrons. The van der Waals surface area contributed by atoms with E-state index < -0.39 is 11.7 Å². The van der Waals surface area contributed by atoms with Gasteiger partial charge in [-0.15, -0.1) is 0 Å². The van der Waals surface area contributed by atoms with Gasteiger partial charge in [0.2, 0.25) is 0 Å². The van der Waals surface area contributed by atoms with E-state index in [0.717, 1.165) is 30.0 Å². The highest BCUT2D eigenvalue weighted by atomic mass is 19.1. The van der Waals surface area contributed by atoms with Crippen LogP contribution in [0.5, 0.6) is 0 Å². The molecule has 0 aliphatic rings. The Labute approximate surface area is 135 Å². The van der Waals surface area contributed by atoms with Gasteiger partial charge in [-0.25, -0.2) is 14.3 Å². The second kappa shape index (κ2) is 7.54. The zero-order valence-corrected chi connectivity index (χ0v) is 13.3. The molecule has 6 heteroatoms. The summed E-state index contributed by atoms with van der Waals surface area (Å²) in [7, 11) is 0. The number of hydrogen-bond acceptors (Lipinski definition) is 3. The molecule has 1 aromatic heterocycles. The molecule has 0 bridgehead atoms. The Hall–Kier alpha value is -2.68. The summed E-state index contributed by atoms with van der Waals surface area (Å²) >= 11 is 0. The highest BCUT2D eigenvalue weighted by Crippen LogP contribution is 2.14. The van der Waals surface area contributed by atoms with Crippen LogP contribution in [0.4, 0.5) is 4.39 Å². The van der Waals surface area contributed by atoms with Gasteiger partial charge in [-0.05, 0) is 19.4 Å². The zero-order chi connectivity index (χ0) is 16.8. The smallest absolute Gasteiger partial charge is 0.287 e. The summed E-state index contributed by atoms with van der Waals surface area (Å²) in [5.41, 5.74) is 1.25. The maximum Gasteiger partial charge on any atom is 0.287 e. The van der Waals surface area contributed by atoms with Crippen LogP contribution in [0.15, 0.2) is 30.6 Å². The number of nitriles is 1. The van der Waals surface area contributed by atoms with E-state index in [0.29, 0.717) is 5.56 Å². The number of carbonyl (C=O) groups is 1. The summed E-state index contributed by atoms with van der Waals surface area (Å²) in [6.45, 7) is 4.56. The van der Waals surface area contributed by atoms with Gasteiger partial charge in [-0.2, -0.15) is 5.26 Å². The topological polar surface area (TPSA) is 61.9 Å². The molecule has 0 spiro atoms. The maximum atomic E-state index is 13.7. The molecule has 0 aliphatic heterocycles. The minimum Gasteiger partial charge on any atom is -0.334 e. The second-order valence-electron chi connectivity index (χ2n) is 5.31. The van der Waals surface area contributed by atoms with Gasteiger partial charge in [-0.1, -0.05) is 31.5 Å². The van der Waals surface area contributed by atoms with Crippen LogP contribution in [0, 0.1) is 24.2 Å². The number of amides is 1. The van der Waals surface area contributed by atoms with Gasteiger partial charge in [-0.3, -0.25) is 4.79 Å². The lowest BCUT2D eigenvalue weighted by Crippen LogP contribution is -2.27. The number of halogens is 1. The van der Waals surface area contributed by atoms with Crippen molar-refractivity contribution in [2.24, 2.45) is 0 Å². The van der Waals surface area contributed by atoms with Crippen LogP contribution < -0.4 is 0 Å². The van der Waals surface area contributed by atoms with Crippen LogP contribution >= 0.6 is 0 Å². The predicted molar refractivity (Wildman–Crippen MR) is 83.8 cm³/mol. The fourth-order valence-corrected chi connectivity index (χ4v) is 2.28. The van der Waals surface area contributed by atoms with Crippen LogP contribution in [0.3, 0.4) is 0 Å². The van der Waals surface area contributed by atoms with E-state index in [4.69, 9.17) is 0 Å². The molecule has 0 saturated carbocycles. The molecule has 0 saturated heterocycles. The molecule has 0 aliphatic carbocycles. The van der Waals surface area contributed by atoms with E-state index in [1.807, 2.05) is 10.8 Å². The maximum absolute atomic E-state index is 13.7. The average Bonchev–Trinajstić information content (AvgIpc) is 2.92. The summed E-state index contributed by atoms with van der Waals surface area (Å²) in [6.07, 6.45) is 5.46. The van der Waals surface area contributed by atoms with Crippen LogP contribution in [-0.2, 0) is 13.1 Å². The summed E-state index contributed by atoms with van der Waals surface area (Å²) in [4.78, 5) is 17.6. The Morgan fingerprint density at radius 1 is 1.43 bits per heavy atom. The largest absolute Gasteiger partial charge is 0.334 e. The lowest BCUT2D eigenvalue weighted by molar-refractivity contribution is 0.0817. The number of rotatable bonds is 6. The first kappa shape index (κ1) is 16.7. The van der Waals surface area contributed by atoms with Crippen molar-refractivity contribution in [2.45, 2.75) is 39.8 Å². The lowest BCUT2D eigenvalue weighted by Gasteiger charge is -2.14. The number of imidazole rings is 1. The monoisotopic (exact) mass is 314 g/mol. The predicted octanol–water partition coefficient (Wildman–Crippen LogP) is 3.25. The Morgan fingerprint density at radius 3 is 2.83 bits per heavy atom. The molecule has 23 heavy (non-hydrogen) atoms. The first-order chi connectivity index (χ1) is 11.1. The van der Waals surface area contributed by atoms with Crippen molar-refractivity contribution in [1.29, 1.82) is 5.26 Å². The van der Waals surface area contributed by atoms with Crippen LogP contribution in [0.25, 0.3) is 0 Å². The van der Waals surface area contributed by atoms with Crippen molar-refractivity contribution < 1.29 is 9.18 Å². The molecule has 2 aromatic rings. The van der Waals surface area contributed by atoms with Crippen LogP contribution in [0.2, 0.25) is 0 Å². The molecule has 1 aromatic carbocycles. The minimum absolute atomic E-state index is 0.108. The fraction of sp³-hybridized carbons (Fsp3) is 0.353. The molecule has 0 unspecified atom stereocenters. The number of aryl methyl sites for hydroxylation is 1. The number of hydrogen-bond donors (Lipinski definition) is 0. The molecular formula is C17H19FN4O. The lowest BCUT2D eigenvalue weighted by atomic mass is 10.2. The third-order valence-electron chi connectivity index (χ3n) is 3.71. The summed E-state index contributed by atoms with van der Waals surface area (Å²) in [5.74, 6) is -0.950. The summed E-state index contributed by atoms with van der Waals surface area (Å²) < 4.78 is 15.6. The van der Waals surface area contributed by atoms with Crippen molar-refractivity contribution in [1.82, 2.24) is 14.5 Å². The molecule has 1 amide bonds. The molecule has 120 valence electrons. The van der Waals surface area contributed by atoms with Gasteiger partial charge >= 0.3 is 0 Å². The Balaban J connectivity index is 2.19. The van der Waals surface area contributed by atoms with Gasteiger partial charge in [0, 0.05) is 17.8 Å². The standard InChI is InChI=1S/C17H19FN4O/c1-3-4-9-21-12-20-16(13(21)2)17(23)22(11-19)10-14-7-5-6-8-15(14)18/h5-8,12H,3-4,9-10H2,1-2H3. The van der Waals surface area contributed by atoms with E-state index in [1.54, 1.807) is 31.5 Å². The quantitative estimate of drug-likeness (QED) is 0.607. The number of nitrogens with zero attached hydrogens (tertiary/aromatic N) is 4. The molecule has 0 atom stereocenters. The van der Waals surface area contributed by atoms with E-state index in [9.17, 15) is 14.4 Å². The third-order valence-corrected chi connectivity index (χ3v) is 3.71. The van der Waals surface area contributed by atoms with Gasteiger partial charge in [0.15, 0.2) is 6.19 Å². The minimum atomic E-state index is -0.511. The first-order valence-corrected chi connectivity index (χ1v) is 7.55. The average molecular weight is 314 g/mol. The van der Waals surface area contributed by atoms with Crippen molar-refractivity contribution in [3.05, 3.63) is 53.4 Å². The Morgan fingerprint density at radius 2 is 2.17 bits per heavy atom. The zero-order valence-electron chi connectivity index (χ0n) is 13.3. The number of unbranched alkanes of at least 4 members (excludes halogenated alkanes) is 1. The molecule has 1 heterocycles. The Bertz CT molecular complexity index is 732. The fourth-order valence-electron chi connectivity index (χ4n) is 2.28. The van der Waals surface area contributed by atoms with Gasteiger partial charge in [0.25, 0.3) is 5.91 Å². The van der Waals surface area contributed by atoms with E-state index in [2.05, 4.69) is 11.9 Å². The molecular weight excluding hydrogens is 295 g/mol. The summed E-state index contributed by atoms with van der Waals surface area (Å²) in [6, 6.07) is 6.10. The normalized spacial score (nSPS) is 10.3. The highest BCUT2D eigenvalue weighted by molar-refractivity contribution is 5.94. The van der Waals surface area contributed by atoms with E-state index in [1.165, 1.54) is 6.07 Å². The highest BCUT2D eigenvalue weighted by Gasteiger charge is 2.22. The van der Waals surface area contributed by atoms with E-state index >= 15 is 0 Å². The third kappa shape index (κ3) is 3.75. The van der Waals surface area contributed by atoms with Gasteiger partial charge in [0.1, 0.15) is 11.5 Å². The van der Waals surface area contributed by atoms with Crippen LogP contribution in [0.1, 0.15) is 41.5 Å². The second-order valence-corrected chi connectivity index (χ2v) is 5.31. The van der Waals surface area contributed by atoms with E-state index in [-0.39, 0.29) is 12.2 Å². The summed E-state index contributed by atoms with van der Waals surface area (Å²) in [5, 5.41) is 9.25. The van der Waals surface area contributed by atoms with Crippen LogP contribution in [-0.4, -0.2) is 20.4 Å². The van der Waals surface area contributed by atoms with Gasteiger partial charge in [0.05, 0.1) is 12.9 Å². The molecule has 0 N–H and O–H groups in total. The van der Waals surface area contributed by atoms with Gasteiger partial charge < -0.3 is 4.57 Å². The van der Waals surface area contributed by atoms with Crippen molar-refractivity contribution in [3.8, 4) is 6.19 Å². The van der Waals surface area contributed by atoms with Crippen molar-refractivity contribution in [3.63, 3.8) is 0 Å². The van der Waals surface area contributed by atoms with Crippen molar-refractivity contribution >= 4 is 5.91 Å². The SMILES string of the molecule is CCCCn1cnc(C(=O)N(C#N)Cc2ccccc2F)c1C. The van der Waals surface area contributed by atoms with Crippen molar-refractivity contribution in [2.75, 3.05) is 0 Å². The number of carbonyl (C=O) groups excluding carboxylic acids is 1. The Kier molecular flexibility index (Phi) is 5.47. The number of aromatic nitrogens is 2. The molecule has 2 rings (SSSR count). The molecule has 0 fully saturated rings.